The second-order valence-electron chi connectivity index (χ2n) is 3.68. The summed E-state index contributed by atoms with van der Waals surface area (Å²) in [6.07, 6.45) is 1.71. The van der Waals surface area contributed by atoms with Crippen molar-refractivity contribution in [3.8, 4) is 0 Å². The van der Waals surface area contributed by atoms with Crippen LogP contribution in [0.15, 0.2) is 35.8 Å². The molecule has 0 aliphatic heterocycles. The highest BCUT2D eigenvalue weighted by Crippen LogP contribution is 2.22. The van der Waals surface area contributed by atoms with Gasteiger partial charge in [-0.3, -0.25) is 0 Å². The highest BCUT2D eigenvalue weighted by molar-refractivity contribution is 7.80. The highest BCUT2D eigenvalue weighted by atomic mass is 32.1. The van der Waals surface area contributed by atoms with Gasteiger partial charge < -0.3 is 11.1 Å². The summed E-state index contributed by atoms with van der Waals surface area (Å²) in [7, 11) is 0. The van der Waals surface area contributed by atoms with Gasteiger partial charge in [0, 0.05) is 16.6 Å². The van der Waals surface area contributed by atoms with Crippen LogP contribution >= 0.6 is 23.6 Å². The number of pyridine rings is 1. The molecule has 0 aliphatic rings. The Hall–Kier alpha value is -1.46. The third-order valence-corrected chi connectivity index (χ3v) is 3.67. The summed E-state index contributed by atoms with van der Waals surface area (Å²) in [5.41, 5.74) is 6.42. The molecule has 2 heterocycles. The normalized spacial score (nSPS) is 12.1. The molecule has 0 radical (unpaired) electrons. The molecular formula is C12H13N3S2. The van der Waals surface area contributed by atoms with Crippen molar-refractivity contribution in [1.29, 1.82) is 0 Å². The van der Waals surface area contributed by atoms with Crippen LogP contribution in [0.4, 0.5) is 5.82 Å². The Bertz CT molecular complexity index is 508. The van der Waals surface area contributed by atoms with Gasteiger partial charge in [-0.25, -0.2) is 4.98 Å². The lowest BCUT2D eigenvalue weighted by Gasteiger charge is -2.13. The molecule has 0 bridgehead atoms. The number of nitrogens with one attached hydrogen (secondary N) is 1. The first-order chi connectivity index (χ1) is 8.16. The number of hydrogen-bond acceptors (Lipinski definition) is 4. The van der Waals surface area contributed by atoms with Crippen molar-refractivity contribution in [3.05, 3.63) is 46.3 Å². The van der Waals surface area contributed by atoms with Crippen molar-refractivity contribution in [1.82, 2.24) is 4.98 Å². The summed E-state index contributed by atoms with van der Waals surface area (Å²) in [6, 6.07) is 8.04. The summed E-state index contributed by atoms with van der Waals surface area (Å²) in [5, 5.41) is 5.39. The molecule has 0 saturated carbocycles. The largest absolute Gasteiger partial charge is 0.389 e. The predicted octanol–water partition coefficient (Wildman–Crippen LogP) is 2.95. The van der Waals surface area contributed by atoms with Crippen LogP contribution in [-0.2, 0) is 0 Å². The van der Waals surface area contributed by atoms with Gasteiger partial charge in [-0.15, -0.1) is 11.3 Å². The second-order valence-corrected chi connectivity index (χ2v) is 5.09. The van der Waals surface area contributed by atoms with E-state index in [0.29, 0.717) is 4.99 Å². The van der Waals surface area contributed by atoms with Crippen LogP contribution < -0.4 is 11.1 Å². The number of rotatable bonds is 4. The van der Waals surface area contributed by atoms with Gasteiger partial charge in [0.15, 0.2) is 0 Å². The third kappa shape index (κ3) is 3.01. The summed E-state index contributed by atoms with van der Waals surface area (Å²) in [4.78, 5) is 5.91. The fraction of sp³-hybridized carbons (Fsp3) is 0.167. The number of hydrogen-bond donors (Lipinski definition) is 2. The van der Waals surface area contributed by atoms with Crippen molar-refractivity contribution in [2.45, 2.75) is 13.0 Å². The van der Waals surface area contributed by atoms with E-state index in [1.807, 2.05) is 18.2 Å². The number of anilines is 1. The zero-order valence-corrected chi connectivity index (χ0v) is 11.0. The van der Waals surface area contributed by atoms with Crippen LogP contribution in [0.25, 0.3) is 0 Å². The highest BCUT2D eigenvalue weighted by Gasteiger charge is 2.07. The molecule has 0 amide bonds. The second kappa shape index (κ2) is 5.25. The number of nitrogens with two attached hydrogens (primary N) is 1. The third-order valence-electron chi connectivity index (χ3n) is 2.38. The lowest BCUT2D eigenvalue weighted by Crippen LogP contribution is -2.11. The number of aromatic nitrogens is 1. The molecule has 2 rings (SSSR count). The number of thiophene rings is 1. The Balaban J connectivity index is 2.13. The molecule has 0 spiro atoms. The van der Waals surface area contributed by atoms with E-state index in [0.717, 1.165) is 11.4 Å². The van der Waals surface area contributed by atoms with Crippen LogP contribution in [-0.4, -0.2) is 9.97 Å². The number of thiocarbonyl (C=S) groups is 1. The van der Waals surface area contributed by atoms with E-state index in [1.54, 1.807) is 17.5 Å². The van der Waals surface area contributed by atoms with E-state index in [1.165, 1.54) is 4.88 Å². The van der Waals surface area contributed by atoms with Gasteiger partial charge in [0.25, 0.3) is 0 Å². The summed E-state index contributed by atoms with van der Waals surface area (Å²) < 4.78 is 0. The molecule has 0 fully saturated rings. The Morgan fingerprint density at radius 3 is 3.00 bits per heavy atom. The maximum absolute atomic E-state index is 5.59. The minimum absolute atomic E-state index is 0.226. The zero-order chi connectivity index (χ0) is 12.3. The minimum Gasteiger partial charge on any atom is -0.389 e. The average Bonchev–Trinajstić information content (AvgIpc) is 2.82. The van der Waals surface area contributed by atoms with Crippen LogP contribution in [0.1, 0.15) is 23.4 Å². The quantitative estimate of drug-likeness (QED) is 0.833. The van der Waals surface area contributed by atoms with E-state index in [2.05, 4.69) is 28.7 Å². The van der Waals surface area contributed by atoms with Crippen LogP contribution in [0.2, 0.25) is 0 Å². The van der Waals surface area contributed by atoms with Gasteiger partial charge in [0.1, 0.15) is 10.8 Å². The fourth-order valence-electron chi connectivity index (χ4n) is 1.49. The Morgan fingerprint density at radius 2 is 2.35 bits per heavy atom. The lowest BCUT2D eigenvalue weighted by atomic mass is 10.2. The maximum atomic E-state index is 5.59. The van der Waals surface area contributed by atoms with Gasteiger partial charge in [0.05, 0.1) is 6.04 Å². The standard InChI is InChI=1S/C12H13N3S2/c1-8(10-3-2-6-17-10)15-11-7-9(12(13)16)4-5-14-11/h2-8H,1H3,(H2,13,16)(H,14,15). The van der Waals surface area contributed by atoms with E-state index >= 15 is 0 Å². The average molecular weight is 263 g/mol. The van der Waals surface area contributed by atoms with Crippen LogP contribution in [0.3, 0.4) is 0 Å². The smallest absolute Gasteiger partial charge is 0.127 e. The first-order valence-corrected chi connectivity index (χ1v) is 6.51. The molecular weight excluding hydrogens is 250 g/mol. The maximum Gasteiger partial charge on any atom is 0.127 e. The molecule has 0 aliphatic carbocycles. The van der Waals surface area contributed by atoms with Gasteiger partial charge in [-0.05, 0) is 30.5 Å². The van der Waals surface area contributed by atoms with E-state index in [9.17, 15) is 0 Å². The number of nitrogens with zero attached hydrogens (tertiary/aromatic N) is 1. The summed E-state index contributed by atoms with van der Waals surface area (Å²) in [5.74, 6) is 0.788. The Kier molecular flexibility index (Phi) is 3.71. The van der Waals surface area contributed by atoms with Crippen molar-refractivity contribution < 1.29 is 0 Å². The molecule has 17 heavy (non-hydrogen) atoms. The van der Waals surface area contributed by atoms with E-state index < -0.39 is 0 Å². The summed E-state index contributed by atoms with van der Waals surface area (Å²) in [6.45, 7) is 2.10. The molecule has 5 heteroatoms. The van der Waals surface area contributed by atoms with E-state index in [4.69, 9.17) is 18.0 Å². The molecule has 3 nitrogen and oxygen atoms in total. The Labute approximate surface area is 110 Å². The molecule has 88 valence electrons. The predicted molar refractivity (Wildman–Crippen MR) is 76.5 cm³/mol. The lowest BCUT2D eigenvalue weighted by molar-refractivity contribution is 0.896. The minimum atomic E-state index is 0.226. The van der Waals surface area contributed by atoms with Gasteiger partial charge in [0.2, 0.25) is 0 Å². The van der Waals surface area contributed by atoms with Crippen molar-refractivity contribution in [3.63, 3.8) is 0 Å². The SMILES string of the molecule is CC(Nc1cc(C(N)=S)ccn1)c1cccs1. The first-order valence-electron chi connectivity index (χ1n) is 5.22. The van der Waals surface area contributed by atoms with Crippen molar-refractivity contribution >= 4 is 34.4 Å². The van der Waals surface area contributed by atoms with Crippen LogP contribution in [0.5, 0.6) is 0 Å². The monoisotopic (exact) mass is 263 g/mol. The van der Waals surface area contributed by atoms with Gasteiger partial charge in [-0.1, -0.05) is 18.3 Å². The summed E-state index contributed by atoms with van der Waals surface area (Å²) >= 11 is 6.66. The van der Waals surface area contributed by atoms with Gasteiger partial charge >= 0.3 is 0 Å². The molecule has 2 aromatic rings. The topological polar surface area (TPSA) is 50.9 Å². The van der Waals surface area contributed by atoms with Crippen LogP contribution in [0, 0.1) is 0 Å². The van der Waals surface area contributed by atoms with Crippen molar-refractivity contribution in [2.75, 3.05) is 5.32 Å². The Morgan fingerprint density at radius 1 is 1.53 bits per heavy atom. The molecule has 0 aromatic carbocycles. The molecule has 1 unspecified atom stereocenters. The van der Waals surface area contributed by atoms with Crippen molar-refractivity contribution in [2.24, 2.45) is 5.73 Å². The van der Waals surface area contributed by atoms with Gasteiger partial charge in [-0.2, -0.15) is 0 Å². The molecule has 3 N–H and O–H groups in total. The fourth-order valence-corrected chi connectivity index (χ4v) is 2.35. The van der Waals surface area contributed by atoms with E-state index in [-0.39, 0.29) is 6.04 Å². The molecule has 1 atom stereocenters. The zero-order valence-electron chi connectivity index (χ0n) is 9.38. The molecule has 0 saturated heterocycles. The first kappa shape index (κ1) is 12.0. The molecule has 2 aromatic heterocycles.